The van der Waals surface area contributed by atoms with Crippen LogP contribution in [0.3, 0.4) is 0 Å². The molecule has 5 heteroatoms. The Balaban J connectivity index is 2.97. The number of aryl methyl sites for hydroxylation is 1. The van der Waals surface area contributed by atoms with Gasteiger partial charge in [-0.05, 0) is 29.6 Å². The van der Waals surface area contributed by atoms with Crippen molar-refractivity contribution in [1.82, 2.24) is 0 Å². The van der Waals surface area contributed by atoms with Crippen LogP contribution >= 0.6 is 0 Å². The normalized spacial score (nSPS) is 9.20. The monoisotopic (exact) mass is 205 g/mol. The molecule has 0 saturated heterocycles. The summed E-state index contributed by atoms with van der Waals surface area (Å²) in [7, 11) is 1.34. The van der Waals surface area contributed by atoms with E-state index in [4.69, 9.17) is 5.53 Å². The van der Waals surface area contributed by atoms with E-state index >= 15 is 0 Å². The summed E-state index contributed by atoms with van der Waals surface area (Å²) in [5.41, 5.74) is 10.4. The summed E-state index contributed by atoms with van der Waals surface area (Å²) < 4.78 is 4.62. The van der Waals surface area contributed by atoms with Gasteiger partial charge >= 0.3 is 5.97 Å². The van der Waals surface area contributed by atoms with E-state index < -0.39 is 0 Å². The number of azide groups is 1. The first-order valence-corrected chi connectivity index (χ1v) is 4.37. The summed E-state index contributed by atoms with van der Waals surface area (Å²) in [5, 5.41) is 3.44. The van der Waals surface area contributed by atoms with Gasteiger partial charge in [0.25, 0.3) is 0 Å². The topological polar surface area (TPSA) is 75.1 Å². The summed E-state index contributed by atoms with van der Waals surface area (Å²) in [6.07, 6.45) is 0. The Hall–Kier alpha value is -2.00. The van der Waals surface area contributed by atoms with Gasteiger partial charge in [-0.2, -0.15) is 0 Å². The van der Waals surface area contributed by atoms with Gasteiger partial charge in [-0.25, -0.2) is 4.79 Å². The maximum atomic E-state index is 11.3. The minimum atomic E-state index is -0.358. The Kier molecular flexibility index (Phi) is 3.71. The van der Waals surface area contributed by atoms with E-state index in [2.05, 4.69) is 14.8 Å². The molecule has 0 aliphatic carbocycles. The largest absolute Gasteiger partial charge is 0.465 e. The Morgan fingerprint density at radius 3 is 2.87 bits per heavy atom. The van der Waals surface area contributed by atoms with Crippen molar-refractivity contribution in [3.63, 3.8) is 0 Å². The van der Waals surface area contributed by atoms with E-state index in [1.165, 1.54) is 7.11 Å². The first-order chi connectivity index (χ1) is 7.19. The molecule has 0 aliphatic heterocycles. The number of carbonyl (C=O) groups excluding carboxylic acids is 1. The summed E-state index contributed by atoms with van der Waals surface area (Å²) in [5.74, 6) is -0.358. The van der Waals surface area contributed by atoms with Crippen molar-refractivity contribution in [2.24, 2.45) is 5.11 Å². The van der Waals surface area contributed by atoms with E-state index in [0.29, 0.717) is 12.1 Å². The highest BCUT2D eigenvalue weighted by Gasteiger charge is 2.08. The summed E-state index contributed by atoms with van der Waals surface area (Å²) in [6.45, 7) is 2.10. The molecule has 5 nitrogen and oxygen atoms in total. The van der Waals surface area contributed by atoms with Gasteiger partial charge in [0.1, 0.15) is 0 Å². The predicted octanol–water partition coefficient (Wildman–Crippen LogP) is 2.59. The molecule has 15 heavy (non-hydrogen) atoms. The summed E-state index contributed by atoms with van der Waals surface area (Å²) >= 11 is 0. The maximum Gasteiger partial charge on any atom is 0.338 e. The van der Waals surface area contributed by atoms with Gasteiger partial charge in [0.2, 0.25) is 0 Å². The lowest BCUT2D eigenvalue weighted by Gasteiger charge is -2.04. The maximum absolute atomic E-state index is 11.3. The van der Waals surface area contributed by atoms with Crippen LogP contribution in [0.25, 0.3) is 10.4 Å². The van der Waals surface area contributed by atoms with E-state index in [1.54, 1.807) is 18.2 Å². The summed E-state index contributed by atoms with van der Waals surface area (Å²) in [4.78, 5) is 13.9. The lowest BCUT2D eigenvalue weighted by molar-refractivity contribution is 0.0600. The average molecular weight is 205 g/mol. The standard InChI is InChI=1S/C10H11N3O2/c1-7-5-8(6-12-13-11)3-4-9(7)10(14)15-2/h3-5H,6H2,1-2H3. The predicted molar refractivity (Wildman–Crippen MR) is 55.4 cm³/mol. The Labute approximate surface area is 87.3 Å². The molecule has 1 aromatic carbocycles. The molecule has 0 spiro atoms. The van der Waals surface area contributed by atoms with Crippen molar-refractivity contribution in [2.75, 3.05) is 7.11 Å². The molecule has 0 unspecified atom stereocenters. The third-order valence-corrected chi connectivity index (χ3v) is 2.01. The van der Waals surface area contributed by atoms with Crippen LogP contribution in [0.2, 0.25) is 0 Å². The number of esters is 1. The quantitative estimate of drug-likeness (QED) is 0.329. The minimum absolute atomic E-state index is 0.290. The second-order valence-electron chi connectivity index (χ2n) is 3.03. The van der Waals surface area contributed by atoms with Crippen molar-refractivity contribution in [3.05, 3.63) is 45.3 Å². The molecular weight excluding hydrogens is 194 g/mol. The minimum Gasteiger partial charge on any atom is -0.465 e. The number of rotatable bonds is 3. The lowest BCUT2D eigenvalue weighted by atomic mass is 10.1. The molecule has 0 fully saturated rings. The Morgan fingerprint density at radius 2 is 2.33 bits per heavy atom. The number of nitrogens with zero attached hydrogens (tertiary/aromatic N) is 3. The number of carbonyl (C=O) groups is 1. The van der Waals surface area contributed by atoms with Gasteiger partial charge < -0.3 is 4.74 Å². The van der Waals surface area contributed by atoms with Crippen molar-refractivity contribution >= 4 is 5.97 Å². The fraction of sp³-hybridized carbons (Fsp3) is 0.300. The van der Waals surface area contributed by atoms with Gasteiger partial charge in [-0.1, -0.05) is 17.2 Å². The zero-order chi connectivity index (χ0) is 11.3. The molecule has 1 rings (SSSR count). The van der Waals surface area contributed by atoms with Gasteiger partial charge in [-0.15, -0.1) is 0 Å². The van der Waals surface area contributed by atoms with Gasteiger partial charge in [-0.3, -0.25) is 0 Å². The molecule has 0 atom stereocenters. The molecule has 0 bridgehead atoms. The van der Waals surface area contributed by atoms with Crippen LogP contribution < -0.4 is 0 Å². The van der Waals surface area contributed by atoms with Crippen molar-refractivity contribution < 1.29 is 9.53 Å². The molecule has 1 aromatic rings. The molecule has 0 radical (unpaired) electrons. The molecule has 78 valence electrons. The lowest BCUT2D eigenvalue weighted by Crippen LogP contribution is -2.03. The number of ether oxygens (including phenoxy) is 1. The van der Waals surface area contributed by atoms with Crippen molar-refractivity contribution in [1.29, 1.82) is 0 Å². The molecule has 0 amide bonds. The van der Waals surface area contributed by atoms with Gasteiger partial charge in [0.15, 0.2) is 0 Å². The molecule has 0 aromatic heterocycles. The van der Waals surface area contributed by atoms with Gasteiger partial charge in [0.05, 0.1) is 19.2 Å². The highest BCUT2D eigenvalue weighted by Crippen LogP contribution is 2.13. The number of methoxy groups -OCH3 is 1. The van der Waals surface area contributed by atoms with Crippen LogP contribution in [0.1, 0.15) is 21.5 Å². The van der Waals surface area contributed by atoms with Crippen LogP contribution in [0.15, 0.2) is 23.3 Å². The third-order valence-electron chi connectivity index (χ3n) is 2.01. The van der Waals surface area contributed by atoms with Crippen molar-refractivity contribution in [2.45, 2.75) is 13.5 Å². The fourth-order valence-corrected chi connectivity index (χ4v) is 1.28. The molecular formula is C10H11N3O2. The number of benzene rings is 1. The van der Waals surface area contributed by atoms with E-state index in [9.17, 15) is 4.79 Å². The second-order valence-corrected chi connectivity index (χ2v) is 3.03. The SMILES string of the molecule is COC(=O)c1ccc(CN=[N+]=[N-])cc1C. The highest BCUT2D eigenvalue weighted by atomic mass is 16.5. The van der Waals surface area contributed by atoms with E-state index in [0.717, 1.165) is 11.1 Å². The third kappa shape index (κ3) is 2.72. The fourth-order valence-electron chi connectivity index (χ4n) is 1.28. The van der Waals surface area contributed by atoms with Crippen LogP contribution in [0.5, 0.6) is 0 Å². The first kappa shape index (κ1) is 11.1. The Morgan fingerprint density at radius 1 is 1.60 bits per heavy atom. The average Bonchev–Trinajstić information content (AvgIpc) is 2.25. The smallest absolute Gasteiger partial charge is 0.338 e. The number of hydrogen-bond acceptors (Lipinski definition) is 3. The van der Waals surface area contributed by atoms with E-state index in [-0.39, 0.29) is 5.97 Å². The zero-order valence-electron chi connectivity index (χ0n) is 8.60. The first-order valence-electron chi connectivity index (χ1n) is 4.37. The van der Waals surface area contributed by atoms with Gasteiger partial charge in [0, 0.05) is 4.91 Å². The van der Waals surface area contributed by atoms with Crippen molar-refractivity contribution in [3.8, 4) is 0 Å². The Bertz CT molecular complexity index is 423. The highest BCUT2D eigenvalue weighted by molar-refractivity contribution is 5.90. The van der Waals surface area contributed by atoms with E-state index in [1.807, 2.05) is 6.92 Å². The van der Waals surface area contributed by atoms with Crippen LogP contribution in [-0.2, 0) is 11.3 Å². The second kappa shape index (κ2) is 5.02. The zero-order valence-corrected chi connectivity index (χ0v) is 8.60. The van der Waals surface area contributed by atoms with Crippen LogP contribution in [-0.4, -0.2) is 13.1 Å². The molecule has 0 aliphatic rings. The number of hydrogen-bond donors (Lipinski definition) is 0. The summed E-state index contributed by atoms with van der Waals surface area (Å²) in [6, 6.07) is 5.22. The molecule has 0 N–H and O–H groups in total. The molecule has 0 heterocycles. The van der Waals surface area contributed by atoms with Crippen LogP contribution in [0.4, 0.5) is 0 Å². The van der Waals surface area contributed by atoms with Crippen LogP contribution in [0, 0.1) is 6.92 Å². The molecule has 0 saturated carbocycles.